The molecule has 0 spiro atoms. The van der Waals surface area contributed by atoms with Gasteiger partial charge in [-0.25, -0.2) is 9.97 Å². The standard InChI is InChI=1S/C27H28N4O/c32-26-18-23(12-11-21-7-3-1-4-8-21)17-25-24(26)19-28-27(29-25)31-15-13-30(14-16-31)20-22-9-5-2-6-10-22/h1-12,19,23H,13-18,20H2/p+1/b12-11+/t23-/m1/s1. The van der Waals surface area contributed by atoms with Crippen LogP contribution < -0.4 is 9.80 Å². The molecule has 1 aliphatic carbocycles. The lowest BCUT2D eigenvalue weighted by molar-refractivity contribution is -0.914. The summed E-state index contributed by atoms with van der Waals surface area (Å²) in [5, 5.41) is 0. The fourth-order valence-corrected chi connectivity index (χ4v) is 4.65. The minimum Gasteiger partial charge on any atom is -0.330 e. The van der Waals surface area contributed by atoms with Crippen LogP contribution in [0, 0.1) is 5.92 Å². The number of rotatable bonds is 5. The molecular weight excluding hydrogens is 396 g/mol. The maximum Gasteiger partial charge on any atom is 0.225 e. The predicted octanol–water partition coefficient (Wildman–Crippen LogP) is 2.84. The van der Waals surface area contributed by atoms with Crippen LogP contribution in [0.3, 0.4) is 0 Å². The lowest BCUT2D eigenvalue weighted by atomic mass is 9.86. The Morgan fingerprint density at radius 3 is 2.44 bits per heavy atom. The van der Waals surface area contributed by atoms with Crippen molar-refractivity contribution < 1.29 is 9.69 Å². The van der Waals surface area contributed by atoms with E-state index >= 15 is 0 Å². The van der Waals surface area contributed by atoms with Crippen LogP contribution in [0.25, 0.3) is 6.08 Å². The normalized spacial score (nSPS) is 19.3. The molecule has 0 unspecified atom stereocenters. The van der Waals surface area contributed by atoms with E-state index in [1.54, 1.807) is 11.1 Å². The van der Waals surface area contributed by atoms with E-state index in [2.05, 4.69) is 64.5 Å². The second kappa shape index (κ2) is 9.45. The van der Waals surface area contributed by atoms with Crippen molar-refractivity contribution in [2.75, 3.05) is 31.1 Å². The Morgan fingerprint density at radius 2 is 1.69 bits per heavy atom. The molecule has 162 valence electrons. The van der Waals surface area contributed by atoms with E-state index in [0.29, 0.717) is 12.0 Å². The summed E-state index contributed by atoms with van der Waals surface area (Å²) in [4.78, 5) is 25.9. The Bertz CT molecular complexity index is 1090. The van der Waals surface area contributed by atoms with Gasteiger partial charge in [0.05, 0.1) is 37.4 Å². The number of anilines is 1. The summed E-state index contributed by atoms with van der Waals surface area (Å²) in [6.45, 7) is 5.07. The zero-order valence-corrected chi connectivity index (χ0v) is 18.3. The van der Waals surface area contributed by atoms with Crippen LogP contribution in [0.5, 0.6) is 0 Å². The predicted molar refractivity (Wildman–Crippen MR) is 127 cm³/mol. The van der Waals surface area contributed by atoms with E-state index in [-0.39, 0.29) is 11.7 Å². The molecule has 0 saturated carbocycles. The van der Waals surface area contributed by atoms with Crippen LogP contribution in [0.1, 0.15) is 33.6 Å². The molecule has 2 aliphatic rings. The largest absolute Gasteiger partial charge is 0.330 e. The van der Waals surface area contributed by atoms with Crippen molar-refractivity contribution in [2.45, 2.75) is 19.4 Å². The molecule has 5 rings (SSSR count). The summed E-state index contributed by atoms with van der Waals surface area (Å²) in [5.74, 6) is 1.10. The number of aromatic nitrogens is 2. The number of quaternary nitrogens is 1. The number of nitrogens with one attached hydrogen (secondary N) is 1. The fourth-order valence-electron chi connectivity index (χ4n) is 4.65. The van der Waals surface area contributed by atoms with Gasteiger partial charge in [0.25, 0.3) is 0 Å². The van der Waals surface area contributed by atoms with Gasteiger partial charge in [-0.3, -0.25) is 4.79 Å². The minimum atomic E-state index is 0.151. The number of ketones is 1. The fraction of sp³-hybridized carbons (Fsp3) is 0.296. The second-order valence-electron chi connectivity index (χ2n) is 8.79. The zero-order valence-electron chi connectivity index (χ0n) is 18.3. The van der Waals surface area contributed by atoms with Crippen molar-refractivity contribution in [2.24, 2.45) is 5.92 Å². The highest BCUT2D eigenvalue weighted by atomic mass is 16.1. The van der Waals surface area contributed by atoms with E-state index < -0.39 is 0 Å². The SMILES string of the molecule is O=C1C[C@H](/C=C/c2ccccc2)Cc2nc(N3CC[NH+](Cc4ccccc4)CC3)ncc21. The summed E-state index contributed by atoms with van der Waals surface area (Å²) in [6, 6.07) is 20.9. The molecule has 32 heavy (non-hydrogen) atoms. The molecule has 0 amide bonds. The third kappa shape index (κ3) is 4.78. The molecule has 5 heteroatoms. The highest BCUT2D eigenvalue weighted by molar-refractivity contribution is 5.98. The third-order valence-electron chi connectivity index (χ3n) is 6.47. The van der Waals surface area contributed by atoms with Gasteiger partial charge in [0.2, 0.25) is 5.95 Å². The number of fused-ring (bicyclic) bond motifs is 1. The first-order valence-corrected chi connectivity index (χ1v) is 11.5. The average Bonchev–Trinajstić information content (AvgIpc) is 2.84. The number of Topliss-reactive ketones (excluding diaryl/α,β-unsaturated/α-hetero) is 1. The molecule has 5 nitrogen and oxygen atoms in total. The van der Waals surface area contributed by atoms with Crippen molar-refractivity contribution in [1.82, 2.24) is 9.97 Å². The summed E-state index contributed by atoms with van der Waals surface area (Å²) in [6.07, 6.45) is 7.34. The Hall–Kier alpha value is -3.31. The van der Waals surface area contributed by atoms with E-state index in [1.807, 2.05) is 18.2 Å². The maximum absolute atomic E-state index is 12.7. The lowest BCUT2D eigenvalue weighted by Gasteiger charge is -2.32. The quantitative estimate of drug-likeness (QED) is 0.683. The number of carbonyl (C=O) groups excluding carboxylic acids is 1. The van der Waals surface area contributed by atoms with E-state index in [0.717, 1.165) is 56.4 Å². The molecule has 1 atom stereocenters. The van der Waals surface area contributed by atoms with Crippen LogP contribution in [0.15, 0.2) is 72.9 Å². The van der Waals surface area contributed by atoms with Crippen molar-refractivity contribution in [3.63, 3.8) is 0 Å². The van der Waals surface area contributed by atoms with Crippen molar-refractivity contribution in [3.05, 3.63) is 95.3 Å². The molecular formula is C27H29N4O+. The third-order valence-corrected chi connectivity index (χ3v) is 6.47. The van der Waals surface area contributed by atoms with Gasteiger partial charge in [-0.2, -0.15) is 0 Å². The number of hydrogen-bond donors (Lipinski definition) is 1. The first-order valence-electron chi connectivity index (χ1n) is 11.5. The van der Waals surface area contributed by atoms with Crippen LogP contribution in [-0.2, 0) is 13.0 Å². The molecule has 2 aromatic carbocycles. The van der Waals surface area contributed by atoms with Crippen LogP contribution in [0.2, 0.25) is 0 Å². The lowest BCUT2D eigenvalue weighted by Crippen LogP contribution is -3.13. The van der Waals surface area contributed by atoms with Crippen LogP contribution >= 0.6 is 0 Å². The maximum atomic E-state index is 12.7. The Labute approximate surface area is 189 Å². The number of nitrogens with zero attached hydrogens (tertiary/aromatic N) is 3. The number of allylic oxidation sites excluding steroid dienone is 1. The first kappa shape index (κ1) is 20.6. The monoisotopic (exact) mass is 425 g/mol. The van der Waals surface area contributed by atoms with Gasteiger partial charge < -0.3 is 9.80 Å². The number of benzene rings is 2. The zero-order chi connectivity index (χ0) is 21.8. The summed E-state index contributed by atoms with van der Waals surface area (Å²) in [5.41, 5.74) is 4.14. The molecule has 1 saturated heterocycles. The molecule has 1 aliphatic heterocycles. The topological polar surface area (TPSA) is 50.5 Å². The number of carbonyl (C=O) groups is 1. The smallest absolute Gasteiger partial charge is 0.225 e. The molecule has 0 bridgehead atoms. The Balaban J connectivity index is 1.24. The molecule has 1 N–H and O–H groups in total. The molecule has 1 aromatic heterocycles. The summed E-state index contributed by atoms with van der Waals surface area (Å²) >= 11 is 0. The Kier molecular flexibility index (Phi) is 6.08. The van der Waals surface area contributed by atoms with E-state index in [4.69, 9.17) is 4.98 Å². The molecule has 1 fully saturated rings. The van der Waals surface area contributed by atoms with Crippen molar-refractivity contribution >= 4 is 17.8 Å². The van der Waals surface area contributed by atoms with Gasteiger partial charge in [0.1, 0.15) is 6.54 Å². The molecule has 3 aromatic rings. The first-order chi connectivity index (χ1) is 15.7. The van der Waals surface area contributed by atoms with Gasteiger partial charge >= 0.3 is 0 Å². The number of hydrogen-bond acceptors (Lipinski definition) is 4. The van der Waals surface area contributed by atoms with Gasteiger partial charge in [0, 0.05) is 18.2 Å². The molecule has 2 heterocycles. The van der Waals surface area contributed by atoms with E-state index in [9.17, 15) is 4.79 Å². The minimum absolute atomic E-state index is 0.151. The van der Waals surface area contributed by atoms with Gasteiger partial charge in [-0.05, 0) is 17.9 Å². The van der Waals surface area contributed by atoms with Crippen LogP contribution in [-0.4, -0.2) is 41.9 Å². The summed E-state index contributed by atoms with van der Waals surface area (Å²) < 4.78 is 0. The van der Waals surface area contributed by atoms with Gasteiger partial charge in [-0.15, -0.1) is 0 Å². The van der Waals surface area contributed by atoms with Gasteiger partial charge in [0.15, 0.2) is 5.78 Å². The molecule has 0 radical (unpaired) electrons. The van der Waals surface area contributed by atoms with E-state index in [1.165, 1.54) is 5.56 Å². The summed E-state index contributed by atoms with van der Waals surface area (Å²) in [7, 11) is 0. The Morgan fingerprint density at radius 1 is 0.969 bits per heavy atom. The van der Waals surface area contributed by atoms with Gasteiger partial charge in [-0.1, -0.05) is 72.8 Å². The van der Waals surface area contributed by atoms with Crippen LogP contribution in [0.4, 0.5) is 5.95 Å². The average molecular weight is 426 g/mol. The van der Waals surface area contributed by atoms with Crippen molar-refractivity contribution in [3.8, 4) is 0 Å². The highest BCUT2D eigenvalue weighted by Crippen LogP contribution is 2.26. The van der Waals surface area contributed by atoms with Crippen molar-refractivity contribution in [1.29, 1.82) is 0 Å². The second-order valence-corrected chi connectivity index (χ2v) is 8.79. The highest BCUT2D eigenvalue weighted by Gasteiger charge is 2.28. The number of piperazine rings is 1.